The molecule has 0 bridgehead atoms. The average molecular weight is 375 g/mol. The number of aryl methyl sites for hydroxylation is 1. The molecule has 1 atom stereocenters. The number of aromatic nitrogens is 6. The molecule has 11 heteroatoms. The summed E-state index contributed by atoms with van der Waals surface area (Å²) in [5, 5.41) is 10.1. The lowest BCUT2D eigenvalue weighted by molar-refractivity contribution is -0.0918. The number of Topliss-reactive ketones (excluding diaryl/α,β-unsaturated/α-hetero) is 1. The molecule has 8 nitrogen and oxygen atoms in total. The van der Waals surface area contributed by atoms with E-state index in [4.69, 9.17) is 0 Å². The highest BCUT2D eigenvalue weighted by molar-refractivity contribution is 6.10. The number of halogens is 3. The zero-order valence-corrected chi connectivity index (χ0v) is 13.8. The molecule has 4 rings (SSSR count). The molecule has 0 radical (unpaired) electrons. The Balaban J connectivity index is 1.97. The van der Waals surface area contributed by atoms with Crippen molar-refractivity contribution in [2.45, 2.75) is 12.2 Å². The van der Waals surface area contributed by atoms with Gasteiger partial charge in [-0.3, -0.25) is 14.5 Å². The predicted octanol–water partition coefficient (Wildman–Crippen LogP) is 2.12. The van der Waals surface area contributed by atoms with Crippen molar-refractivity contribution >= 4 is 11.7 Å². The van der Waals surface area contributed by atoms with Crippen LogP contribution in [0.3, 0.4) is 0 Å². The van der Waals surface area contributed by atoms with Gasteiger partial charge in [-0.25, -0.2) is 4.68 Å². The van der Waals surface area contributed by atoms with E-state index in [9.17, 15) is 18.0 Å². The molecular formula is C16H12F3N7O. The minimum absolute atomic E-state index is 0.0357. The summed E-state index contributed by atoms with van der Waals surface area (Å²) in [6.07, 6.45) is 1.79. The van der Waals surface area contributed by atoms with Crippen molar-refractivity contribution in [2.24, 2.45) is 7.05 Å². The molecule has 0 aromatic carbocycles. The molecule has 1 aliphatic rings. The fraction of sp³-hybridized carbons (Fsp3) is 0.188. The number of carbonyl (C=O) groups is 1. The van der Waals surface area contributed by atoms with Crippen LogP contribution in [-0.4, -0.2) is 41.5 Å². The highest BCUT2D eigenvalue weighted by Gasteiger charge is 2.46. The second-order valence-electron chi connectivity index (χ2n) is 5.86. The van der Waals surface area contributed by atoms with Gasteiger partial charge in [0.2, 0.25) is 5.95 Å². The number of hydrogen-bond acceptors (Lipinski definition) is 6. The highest BCUT2D eigenvalue weighted by Crippen LogP contribution is 2.41. The molecular weight excluding hydrogens is 363 g/mol. The number of anilines is 1. The first-order valence-electron chi connectivity index (χ1n) is 7.77. The van der Waals surface area contributed by atoms with Gasteiger partial charge in [-0.1, -0.05) is 6.07 Å². The van der Waals surface area contributed by atoms with Crippen molar-refractivity contribution in [3.05, 3.63) is 65.6 Å². The van der Waals surface area contributed by atoms with Crippen LogP contribution >= 0.6 is 0 Å². The summed E-state index contributed by atoms with van der Waals surface area (Å²) < 4.78 is 44.0. The normalized spacial score (nSPS) is 16.8. The van der Waals surface area contributed by atoms with E-state index in [2.05, 4.69) is 25.5 Å². The van der Waals surface area contributed by atoms with Crippen molar-refractivity contribution in [3.8, 4) is 0 Å². The second-order valence-corrected chi connectivity index (χ2v) is 5.86. The number of alkyl halides is 3. The molecule has 138 valence electrons. The van der Waals surface area contributed by atoms with Crippen LogP contribution in [0.4, 0.5) is 19.1 Å². The van der Waals surface area contributed by atoms with Crippen LogP contribution in [-0.2, 0) is 7.05 Å². The van der Waals surface area contributed by atoms with Crippen LogP contribution in [0.15, 0.2) is 54.5 Å². The first-order chi connectivity index (χ1) is 12.9. The molecule has 3 aromatic rings. The zero-order chi connectivity index (χ0) is 19.2. The van der Waals surface area contributed by atoms with Gasteiger partial charge < -0.3 is 5.32 Å². The topological polar surface area (TPSA) is 90.5 Å². The summed E-state index contributed by atoms with van der Waals surface area (Å²) in [6, 6.07) is 2.02. The quantitative estimate of drug-likeness (QED) is 0.706. The van der Waals surface area contributed by atoms with Crippen LogP contribution < -0.4 is 5.32 Å². The third-order valence-corrected chi connectivity index (χ3v) is 4.09. The number of fused-ring (bicyclic) bond motifs is 1. The maximum absolute atomic E-state index is 13.8. The van der Waals surface area contributed by atoms with Crippen LogP contribution in [0.25, 0.3) is 0 Å². The summed E-state index contributed by atoms with van der Waals surface area (Å²) in [5.74, 6) is -0.920. The van der Waals surface area contributed by atoms with Crippen LogP contribution in [0.5, 0.6) is 0 Å². The van der Waals surface area contributed by atoms with Gasteiger partial charge in [0.15, 0.2) is 5.78 Å². The van der Waals surface area contributed by atoms with Crippen molar-refractivity contribution in [2.75, 3.05) is 5.32 Å². The first-order valence-corrected chi connectivity index (χ1v) is 7.77. The number of rotatable bonds is 3. The molecule has 1 N–H and O–H groups in total. The second kappa shape index (κ2) is 6.04. The van der Waals surface area contributed by atoms with Gasteiger partial charge in [0, 0.05) is 25.6 Å². The Labute approximate surface area is 150 Å². The van der Waals surface area contributed by atoms with E-state index in [1.807, 2.05) is 0 Å². The fourth-order valence-electron chi connectivity index (χ4n) is 2.97. The number of hydrogen-bond donors (Lipinski definition) is 1. The number of carbonyl (C=O) groups excluding carboxylic acids is 1. The molecule has 0 saturated carbocycles. The van der Waals surface area contributed by atoms with E-state index in [1.54, 1.807) is 19.2 Å². The monoisotopic (exact) mass is 375 g/mol. The lowest BCUT2D eigenvalue weighted by atomic mass is 9.91. The van der Waals surface area contributed by atoms with Crippen molar-refractivity contribution in [3.63, 3.8) is 0 Å². The molecule has 4 heterocycles. The van der Waals surface area contributed by atoms with Gasteiger partial charge in [0.1, 0.15) is 18.1 Å². The Morgan fingerprint density at radius 2 is 2.07 bits per heavy atom. The summed E-state index contributed by atoms with van der Waals surface area (Å²) in [6.45, 7) is 0. The lowest BCUT2D eigenvalue weighted by Gasteiger charge is -2.30. The maximum atomic E-state index is 13.8. The Bertz CT molecular complexity index is 1040. The number of nitrogens with one attached hydrogen (secondary N) is 1. The standard InChI is InChI=1S/C16H12F3N7O/c1-25-7-10(6-22-25)13(27)11-12(9-3-2-4-20-5-9)26-15(21-8-23-26)24-14(11)16(17,18)19/h2-8,12H,1H3,(H,21,23,24)/t12-/m1/s1. The van der Waals surface area contributed by atoms with E-state index in [0.717, 1.165) is 6.33 Å². The summed E-state index contributed by atoms with van der Waals surface area (Å²) in [5.41, 5.74) is -1.26. The molecule has 1 aliphatic heterocycles. The van der Waals surface area contributed by atoms with Gasteiger partial charge in [-0.2, -0.15) is 28.4 Å². The van der Waals surface area contributed by atoms with Crippen molar-refractivity contribution in [1.82, 2.24) is 29.5 Å². The molecule has 0 amide bonds. The minimum atomic E-state index is -4.80. The Hall–Kier alpha value is -3.50. The molecule has 0 fully saturated rings. The highest BCUT2D eigenvalue weighted by atomic mass is 19.4. The Kier molecular flexibility index (Phi) is 3.79. The van der Waals surface area contributed by atoms with Crippen molar-refractivity contribution in [1.29, 1.82) is 0 Å². The number of allylic oxidation sites excluding steroid dienone is 2. The molecule has 0 aliphatic carbocycles. The summed E-state index contributed by atoms with van der Waals surface area (Å²) in [7, 11) is 1.57. The smallest absolute Gasteiger partial charge is 0.320 e. The number of nitrogens with zero attached hydrogens (tertiary/aromatic N) is 6. The molecule has 27 heavy (non-hydrogen) atoms. The Morgan fingerprint density at radius 1 is 1.26 bits per heavy atom. The van der Waals surface area contributed by atoms with E-state index in [0.29, 0.717) is 5.56 Å². The van der Waals surface area contributed by atoms with Crippen LogP contribution in [0.1, 0.15) is 22.0 Å². The third kappa shape index (κ3) is 2.86. The average Bonchev–Trinajstić information content (AvgIpc) is 3.28. The minimum Gasteiger partial charge on any atom is -0.320 e. The first kappa shape index (κ1) is 16.9. The van der Waals surface area contributed by atoms with Gasteiger partial charge in [0.25, 0.3) is 0 Å². The summed E-state index contributed by atoms with van der Waals surface area (Å²) >= 11 is 0. The van der Waals surface area contributed by atoms with E-state index >= 15 is 0 Å². The largest absolute Gasteiger partial charge is 0.431 e. The third-order valence-electron chi connectivity index (χ3n) is 4.09. The van der Waals surface area contributed by atoms with E-state index in [1.165, 1.54) is 34.2 Å². The maximum Gasteiger partial charge on any atom is 0.431 e. The SMILES string of the molecule is Cn1cc(C(=O)C2=C(C(F)(F)F)Nc3ncnn3[C@@H]2c2cccnc2)cn1. The molecule has 0 unspecified atom stereocenters. The zero-order valence-electron chi connectivity index (χ0n) is 13.8. The molecule has 3 aromatic heterocycles. The van der Waals surface area contributed by atoms with Gasteiger partial charge >= 0.3 is 6.18 Å². The summed E-state index contributed by atoms with van der Waals surface area (Å²) in [4.78, 5) is 20.8. The fourth-order valence-corrected chi connectivity index (χ4v) is 2.97. The van der Waals surface area contributed by atoms with Crippen LogP contribution in [0, 0.1) is 0 Å². The van der Waals surface area contributed by atoms with Gasteiger partial charge in [-0.05, 0) is 11.6 Å². The number of ketones is 1. The lowest BCUT2D eigenvalue weighted by Crippen LogP contribution is -2.35. The predicted molar refractivity (Wildman–Crippen MR) is 86.6 cm³/mol. The molecule has 0 spiro atoms. The number of pyridine rings is 1. The Morgan fingerprint density at radius 3 is 2.70 bits per heavy atom. The molecule has 0 saturated heterocycles. The van der Waals surface area contributed by atoms with E-state index in [-0.39, 0.29) is 11.5 Å². The van der Waals surface area contributed by atoms with Crippen LogP contribution in [0.2, 0.25) is 0 Å². The van der Waals surface area contributed by atoms with E-state index < -0.39 is 29.3 Å². The van der Waals surface area contributed by atoms with Gasteiger partial charge in [-0.15, -0.1) is 0 Å². The van der Waals surface area contributed by atoms with Gasteiger partial charge in [0.05, 0.1) is 17.3 Å². The van der Waals surface area contributed by atoms with Crippen molar-refractivity contribution < 1.29 is 18.0 Å².